The lowest BCUT2D eigenvalue weighted by Crippen LogP contribution is -2.48. The summed E-state index contributed by atoms with van der Waals surface area (Å²) >= 11 is 0. The number of nitrogens with one attached hydrogen (secondary N) is 2. The molecule has 1 aromatic rings. The van der Waals surface area contributed by atoms with E-state index in [-0.39, 0.29) is 11.8 Å². The van der Waals surface area contributed by atoms with Gasteiger partial charge in [0.15, 0.2) is 0 Å². The van der Waals surface area contributed by atoms with Crippen molar-refractivity contribution >= 4 is 11.6 Å². The molecule has 1 aliphatic heterocycles. The molecule has 5 heteroatoms. The van der Waals surface area contributed by atoms with E-state index in [2.05, 4.69) is 10.6 Å². The molecule has 2 N–H and O–H groups in total. The first-order valence-electron chi connectivity index (χ1n) is 6.39. The van der Waals surface area contributed by atoms with Gasteiger partial charge in [-0.25, -0.2) is 0 Å². The smallest absolute Gasteiger partial charge is 0.227 e. The number of carbonyl (C=O) groups excluding carboxylic acids is 1. The van der Waals surface area contributed by atoms with Crippen molar-refractivity contribution < 1.29 is 14.3 Å². The molecular formula is C14H20N2O3. The predicted molar refractivity (Wildman–Crippen MR) is 73.7 cm³/mol. The molecule has 1 amide bonds. The Hall–Kier alpha value is -1.75. The third-order valence-electron chi connectivity index (χ3n) is 3.60. The fraction of sp³-hybridized carbons (Fsp3) is 0.500. The van der Waals surface area contributed by atoms with Crippen molar-refractivity contribution in [2.75, 3.05) is 32.6 Å². The number of amides is 1. The molecule has 1 aliphatic rings. The summed E-state index contributed by atoms with van der Waals surface area (Å²) in [5, 5.41) is 6.09. The lowest BCUT2D eigenvalue weighted by molar-refractivity contribution is -0.121. The van der Waals surface area contributed by atoms with Crippen molar-refractivity contribution in [2.24, 2.45) is 11.8 Å². The van der Waals surface area contributed by atoms with Gasteiger partial charge in [-0.2, -0.15) is 0 Å². The Labute approximate surface area is 113 Å². The fourth-order valence-electron chi connectivity index (χ4n) is 2.03. The van der Waals surface area contributed by atoms with Crippen molar-refractivity contribution in [2.45, 2.75) is 6.92 Å². The van der Waals surface area contributed by atoms with Gasteiger partial charge in [-0.1, -0.05) is 6.92 Å². The third kappa shape index (κ3) is 2.98. The summed E-state index contributed by atoms with van der Waals surface area (Å²) in [7, 11) is 3.17. The van der Waals surface area contributed by atoms with Crippen LogP contribution < -0.4 is 20.1 Å². The molecule has 0 radical (unpaired) electrons. The molecule has 1 atom stereocenters. The van der Waals surface area contributed by atoms with Gasteiger partial charge in [-0.15, -0.1) is 0 Å². The molecule has 1 aromatic carbocycles. The molecular weight excluding hydrogens is 244 g/mol. The van der Waals surface area contributed by atoms with Crippen molar-refractivity contribution in [1.82, 2.24) is 5.32 Å². The Morgan fingerprint density at radius 1 is 1.37 bits per heavy atom. The summed E-state index contributed by atoms with van der Waals surface area (Å²) in [6.45, 7) is 3.78. The lowest BCUT2D eigenvalue weighted by Gasteiger charge is -2.31. The van der Waals surface area contributed by atoms with Crippen LogP contribution in [-0.2, 0) is 4.79 Å². The van der Waals surface area contributed by atoms with E-state index in [1.165, 1.54) is 0 Å². The van der Waals surface area contributed by atoms with Crippen LogP contribution in [0.1, 0.15) is 6.92 Å². The highest BCUT2D eigenvalue weighted by atomic mass is 16.5. The molecule has 1 fully saturated rings. The molecule has 0 aromatic heterocycles. The first-order chi connectivity index (χ1) is 9.15. The van der Waals surface area contributed by atoms with Crippen LogP contribution in [0.3, 0.4) is 0 Å². The topological polar surface area (TPSA) is 59.6 Å². The van der Waals surface area contributed by atoms with Gasteiger partial charge in [-0.05, 0) is 31.1 Å². The molecule has 5 nitrogen and oxygen atoms in total. The number of ether oxygens (including phenoxy) is 2. The zero-order valence-electron chi connectivity index (χ0n) is 11.5. The maximum atomic E-state index is 12.1. The summed E-state index contributed by atoms with van der Waals surface area (Å²) in [5.41, 5.74) is 0.674. The van der Waals surface area contributed by atoms with Gasteiger partial charge in [0.2, 0.25) is 5.91 Å². The van der Waals surface area contributed by atoms with Crippen LogP contribution in [0.15, 0.2) is 18.2 Å². The first kappa shape index (κ1) is 13.7. The van der Waals surface area contributed by atoms with E-state index >= 15 is 0 Å². The molecule has 1 unspecified atom stereocenters. The van der Waals surface area contributed by atoms with E-state index in [0.717, 1.165) is 13.1 Å². The van der Waals surface area contributed by atoms with E-state index in [0.29, 0.717) is 23.1 Å². The van der Waals surface area contributed by atoms with E-state index < -0.39 is 0 Å². The van der Waals surface area contributed by atoms with Crippen LogP contribution in [0.4, 0.5) is 5.69 Å². The zero-order chi connectivity index (χ0) is 13.8. The minimum atomic E-state index is -0.00643. The number of hydrogen-bond donors (Lipinski definition) is 2. The maximum absolute atomic E-state index is 12.1. The van der Waals surface area contributed by atoms with Crippen LogP contribution in [0.25, 0.3) is 0 Å². The van der Waals surface area contributed by atoms with Crippen molar-refractivity contribution in [3.63, 3.8) is 0 Å². The quantitative estimate of drug-likeness (QED) is 0.846. The van der Waals surface area contributed by atoms with Crippen molar-refractivity contribution in [1.29, 1.82) is 0 Å². The van der Waals surface area contributed by atoms with Gasteiger partial charge in [0.1, 0.15) is 11.5 Å². The second kappa shape index (κ2) is 5.93. The average molecular weight is 264 g/mol. The molecule has 19 heavy (non-hydrogen) atoms. The number of rotatable bonds is 5. The molecule has 0 spiro atoms. The second-order valence-corrected chi connectivity index (χ2v) is 4.76. The monoisotopic (exact) mass is 264 g/mol. The first-order valence-corrected chi connectivity index (χ1v) is 6.39. The van der Waals surface area contributed by atoms with Gasteiger partial charge >= 0.3 is 0 Å². The summed E-state index contributed by atoms with van der Waals surface area (Å²) < 4.78 is 10.4. The van der Waals surface area contributed by atoms with E-state index in [1.807, 2.05) is 6.92 Å². The Morgan fingerprint density at radius 2 is 2.11 bits per heavy atom. The molecule has 2 rings (SSSR count). The van der Waals surface area contributed by atoms with Gasteiger partial charge < -0.3 is 20.1 Å². The molecule has 0 aliphatic carbocycles. The molecule has 104 valence electrons. The SMILES string of the molecule is COc1ccc(NC(=O)C(C)C2CNC2)c(OC)c1. The molecule has 1 heterocycles. The summed E-state index contributed by atoms with van der Waals surface area (Å²) in [4.78, 5) is 12.1. The molecule has 0 saturated carbocycles. The normalized spacial score (nSPS) is 16.4. The Kier molecular flexibility index (Phi) is 4.27. The largest absolute Gasteiger partial charge is 0.497 e. The number of hydrogen-bond acceptors (Lipinski definition) is 4. The summed E-state index contributed by atoms with van der Waals surface area (Å²) in [5.74, 6) is 1.74. The number of anilines is 1. The fourth-order valence-corrected chi connectivity index (χ4v) is 2.03. The lowest BCUT2D eigenvalue weighted by atomic mass is 9.88. The van der Waals surface area contributed by atoms with E-state index in [9.17, 15) is 4.79 Å². The van der Waals surface area contributed by atoms with Gasteiger partial charge in [0, 0.05) is 12.0 Å². The highest BCUT2D eigenvalue weighted by Crippen LogP contribution is 2.30. The number of benzene rings is 1. The standard InChI is InChI=1S/C14H20N2O3/c1-9(10-7-15-8-10)14(17)16-12-5-4-11(18-2)6-13(12)19-3/h4-6,9-10,15H,7-8H2,1-3H3,(H,16,17). The summed E-state index contributed by atoms with van der Waals surface area (Å²) in [6.07, 6.45) is 0. The van der Waals surface area contributed by atoms with Crippen LogP contribution in [0.5, 0.6) is 11.5 Å². The zero-order valence-corrected chi connectivity index (χ0v) is 11.5. The van der Waals surface area contributed by atoms with E-state index in [1.54, 1.807) is 32.4 Å². The van der Waals surface area contributed by atoms with Crippen LogP contribution in [0, 0.1) is 11.8 Å². The predicted octanol–water partition coefficient (Wildman–Crippen LogP) is 1.50. The number of methoxy groups -OCH3 is 2. The highest BCUT2D eigenvalue weighted by molar-refractivity contribution is 5.94. The Balaban J connectivity index is 2.07. The van der Waals surface area contributed by atoms with Gasteiger partial charge in [0.05, 0.1) is 19.9 Å². The molecule has 1 saturated heterocycles. The molecule has 0 bridgehead atoms. The van der Waals surface area contributed by atoms with Crippen molar-refractivity contribution in [3.8, 4) is 11.5 Å². The number of carbonyl (C=O) groups is 1. The summed E-state index contributed by atoms with van der Waals surface area (Å²) in [6, 6.07) is 5.35. The Morgan fingerprint density at radius 3 is 2.63 bits per heavy atom. The minimum absolute atomic E-state index is 0.00643. The third-order valence-corrected chi connectivity index (χ3v) is 3.60. The average Bonchev–Trinajstić information content (AvgIpc) is 2.37. The maximum Gasteiger partial charge on any atom is 0.227 e. The van der Waals surface area contributed by atoms with Gasteiger partial charge in [0.25, 0.3) is 0 Å². The Bertz CT molecular complexity index is 458. The van der Waals surface area contributed by atoms with Crippen LogP contribution >= 0.6 is 0 Å². The van der Waals surface area contributed by atoms with Gasteiger partial charge in [-0.3, -0.25) is 4.79 Å². The highest BCUT2D eigenvalue weighted by Gasteiger charge is 2.29. The second-order valence-electron chi connectivity index (χ2n) is 4.76. The van der Waals surface area contributed by atoms with Crippen molar-refractivity contribution in [3.05, 3.63) is 18.2 Å². The van der Waals surface area contributed by atoms with Crippen LogP contribution in [0.2, 0.25) is 0 Å². The van der Waals surface area contributed by atoms with Crippen LogP contribution in [-0.4, -0.2) is 33.2 Å². The minimum Gasteiger partial charge on any atom is -0.497 e. The van der Waals surface area contributed by atoms with E-state index in [4.69, 9.17) is 9.47 Å².